The second-order valence-electron chi connectivity index (χ2n) is 5.92. The molecule has 2 unspecified atom stereocenters. The smallest absolute Gasteiger partial charge is 0.241 e. The van der Waals surface area contributed by atoms with Gasteiger partial charge in [0.2, 0.25) is 5.91 Å². The van der Waals surface area contributed by atoms with Crippen molar-refractivity contribution in [1.82, 2.24) is 10.2 Å². The van der Waals surface area contributed by atoms with Crippen LogP contribution in [0.15, 0.2) is 0 Å². The minimum atomic E-state index is -3.22. The Bertz CT molecular complexity index is 436. The fraction of sp³-hybridized carbons (Fsp3) is 0.929. The standard InChI is InChI=1S/C14H26N2O3S/c1-15-9-8-12-6-2-4-10-16(12)14(17)13-7-3-5-11-20(13,18)19/h12-13,15H,2-11H2,1H3. The molecule has 0 radical (unpaired) electrons. The molecule has 0 aliphatic carbocycles. The zero-order valence-corrected chi connectivity index (χ0v) is 13.1. The topological polar surface area (TPSA) is 66.5 Å². The van der Waals surface area contributed by atoms with Gasteiger partial charge in [-0.05, 0) is 52.1 Å². The van der Waals surface area contributed by atoms with Crippen molar-refractivity contribution in [1.29, 1.82) is 0 Å². The van der Waals surface area contributed by atoms with Crippen molar-refractivity contribution in [3.63, 3.8) is 0 Å². The molecule has 0 aromatic heterocycles. The molecule has 2 heterocycles. The molecule has 2 saturated heterocycles. The number of sulfone groups is 1. The third-order valence-electron chi connectivity index (χ3n) is 4.49. The largest absolute Gasteiger partial charge is 0.339 e. The van der Waals surface area contributed by atoms with Crippen LogP contribution in [0.5, 0.6) is 0 Å². The Balaban J connectivity index is 2.08. The average molecular weight is 302 g/mol. The van der Waals surface area contributed by atoms with Crippen molar-refractivity contribution in [3.05, 3.63) is 0 Å². The van der Waals surface area contributed by atoms with Gasteiger partial charge < -0.3 is 10.2 Å². The Morgan fingerprint density at radius 2 is 1.95 bits per heavy atom. The third-order valence-corrected chi connectivity index (χ3v) is 6.65. The first-order chi connectivity index (χ1) is 9.56. The van der Waals surface area contributed by atoms with E-state index in [4.69, 9.17) is 0 Å². The maximum Gasteiger partial charge on any atom is 0.241 e. The Hall–Kier alpha value is -0.620. The minimum absolute atomic E-state index is 0.134. The van der Waals surface area contributed by atoms with Crippen LogP contribution < -0.4 is 5.32 Å². The molecule has 1 amide bonds. The number of amides is 1. The Labute approximate surface area is 122 Å². The second-order valence-corrected chi connectivity index (χ2v) is 8.23. The fourth-order valence-corrected chi connectivity index (χ4v) is 5.18. The van der Waals surface area contributed by atoms with Crippen molar-refractivity contribution < 1.29 is 13.2 Å². The molecule has 2 aliphatic heterocycles. The summed E-state index contributed by atoms with van der Waals surface area (Å²) in [5.41, 5.74) is 0. The molecule has 1 N–H and O–H groups in total. The molecule has 0 aromatic carbocycles. The first-order valence-corrected chi connectivity index (χ1v) is 9.44. The summed E-state index contributed by atoms with van der Waals surface area (Å²) >= 11 is 0. The molecule has 2 atom stereocenters. The van der Waals surface area contributed by atoms with E-state index >= 15 is 0 Å². The number of piperidine rings is 1. The Morgan fingerprint density at radius 3 is 2.65 bits per heavy atom. The zero-order chi connectivity index (χ0) is 14.6. The molecule has 2 rings (SSSR count). The lowest BCUT2D eigenvalue weighted by molar-refractivity contribution is -0.134. The van der Waals surface area contributed by atoms with E-state index in [-0.39, 0.29) is 17.7 Å². The van der Waals surface area contributed by atoms with Crippen molar-refractivity contribution in [2.45, 2.75) is 56.2 Å². The van der Waals surface area contributed by atoms with Gasteiger partial charge in [-0.15, -0.1) is 0 Å². The molecule has 5 nitrogen and oxygen atoms in total. The van der Waals surface area contributed by atoms with Gasteiger partial charge in [-0.2, -0.15) is 0 Å². The highest BCUT2D eigenvalue weighted by molar-refractivity contribution is 7.92. The molecule has 0 saturated carbocycles. The second kappa shape index (κ2) is 6.89. The summed E-state index contributed by atoms with van der Waals surface area (Å²) in [6, 6.07) is 0.209. The lowest BCUT2D eigenvalue weighted by atomic mass is 9.98. The molecule has 0 spiro atoms. The van der Waals surface area contributed by atoms with Crippen LogP contribution in [0.4, 0.5) is 0 Å². The van der Waals surface area contributed by atoms with E-state index in [9.17, 15) is 13.2 Å². The van der Waals surface area contributed by atoms with Crippen LogP contribution in [0.25, 0.3) is 0 Å². The summed E-state index contributed by atoms with van der Waals surface area (Å²) in [4.78, 5) is 14.5. The molecule has 116 valence electrons. The average Bonchev–Trinajstić information content (AvgIpc) is 2.44. The van der Waals surface area contributed by atoms with E-state index in [0.717, 1.165) is 45.2 Å². The fourth-order valence-electron chi connectivity index (χ4n) is 3.32. The van der Waals surface area contributed by atoms with Crippen LogP contribution in [0.1, 0.15) is 44.9 Å². The quantitative estimate of drug-likeness (QED) is 0.839. The van der Waals surface area contributed by atoms with E-state index in [1.807, 2.05) is 11.9 Å². The van der Waals surface area contributed by atoms with Crippen molar-refractivity contribution in [2.75, 3.05) is 25.9 Å². The van der Waals surface area contributed by atoms with E-state index in [2.05, 4.69) is 5.32 Å². The van der Waals surface area contributed by atoms with Crippen LogP contribution in [0.2, 0.25) is 0 Å². The first kappa shape index (κ1) is 15.8. The molecule has 0 bridgehead atoms. The van der Waals surface area contributed by atoms with Gasteiger partial charge in [0.05, 0.1) is 5.75 Å². The summed E-state index contributed by atoms with van der Waals surface area (Å²) in [5, 5.41) is 2.34. The van der Waals surface area contributed by atoms with Gasteiger partial charge in [0.15, 0.2) is 9.84 Å². The first-order valence-electron chi connectivity index (χ1n) is 7.73. The molecular weight excluding hydrogens is 276 g/mol. The number of carbonyl (C=O) groups excluding carboxylic acids is 1. The molecule has 2 aliphatic rings. The summed E-state index contributed by atoms with van der Waals surface area (Å²) < 4.78 is 24.3. The van der Waals surface area contributed by atoms with E-state index in [1.54, 1.807) is 0 Å². The highest BCUT2D eigenvalue weighted by atomic mass is 32.2. The maximum atomic E-state index is 12.7. The normalized spacial score (nSPS) is 30.1. The van der Waals surface area contributed by atoms with Crippen molar-refractivity contribution in [3.8, 4) is 0 Å². The van der Waals surface area contributed by atoms with Crippen molar-refractivity contribution in [2.24, 2.45) is 0 Å². The SMILES string of the molecule is CNCCC1CCCCN1C(=O)C1CCCCS1(=O)=O. The number of hydrogen-bond acceptors (Lipinski definition) is 4. The van der Waals surface area contributed by atoms with Crippen LogP contribution >= 0.6 is 0 Å². The third kappa shape index (κ3) is 3.52. The summed E-state index contributed by atoms with van der Waals surface area (Å²) in [7, 11) is -1.32. The lowest BCUT2D eigenvalue weighted by Gasteiger charge is -2.38. The molecule has 6 heteroatoms. The highest BCUT2D eigenvalue weighted by Crippen LogP contribution is 2.26. The zero-order valence-electron chi connectivity index (χ0n) is 12.3. The van der Waals surface area contributed by atoms with Gasteiger partial charge in [-0.1, -0.05) is 6.42 Å². The van der Waals surface area contributed by atoms with Gasteiger partial charge in [-0.25, -0.2) is 8.42 Å². The number of hydrogen-bond donors (Lipinski definition) is 1. The summed E-state index contributed by atoms with van der Waals surface area (Å²) in [6.07, 6.45) is 6.11. The number of nitrogens with zero attached hydrogens (tertiary/aromatic N) is 1. The van der Waals surface area contributed by atoms with Gasteiger partial charge in [0.1, 0.15) is 5.25 Å². The van der Waals surface area contributed by atoms with Crippen LogP contribution in [-0.4, -0.2) is 56.4 Å². The number of carbonyl (C=O) groups is 1. The van der Waals surface area contributed by atoms with E-state index in [0.29, 0.717) is 12.8 Å². The monoisotopic (exact) mass is 302 g/mol. The van der Waals surface area contributed by atoms with Gasteiger partial charge in [0, 0.05) is 12.6 Å². The Morgan fingerprint density at radius 1 is 1.20 bits per heavy atom. The number of likely N-dealkylation sites (tertiary alicyclic amines) is 1. The van der Waals surface area contributed by atoms with Gasteiger partial charge in [-0.3, -0.25) is 4.79 Å². The van der Waals surface area contributed by atoms with Crippen LogP contribution in [0.3, 0.4) is 0 Å². The molecule has 20 heavy (non-hydrogen) atoms. The number of nitrogens with one attached hydrogen (secondary N) is 1. The predicted octanol–water partition coefficient (Wildman–Crippen LogP) is 0.944. The maximum absolute atomic E-state index is 12.7. The molecule has 2 fully saturated rings. The molecule has 0 aromatic rings. The summed E-state index contributed by atoms with van der Waals surface area (Å²) in [6.45, 7) is 1.59. The van der Waals surface area contributed by atoms with Gasteiger partial charge >= 0.3 is 0 Å². The van der Waals surface area contributed by atoms with Crippen molar-refractivity contribution >= 4 is 15.7 Å². The predicted molar refractivity (Wildman–Crippen MR) is 79.3 cm³/mol. The van der Waals surface area contributed by atoms with Gasteiger partial charge in [0.25, 0.3) is 0 Å². The van der Waals surface area contributed by atoms with Crippen LogP contribution in [-0.2, 0) is 14.6 Å². The minimum Gasteiger partial charge on any atom is -0.339 e. The van der Waals surface area contributed by atoms with E-state index < -0.39 is 15.1 Å². The Kier molecular flexibility index (Phi) is 5.43. The lowest BCUT2D eigenvalue weighted by Crippen LogP contribution is -2.51. The van der Waals surface area contributed by atoms with E-state index in [1.165, 1.54) is 0 Å². The highest BCUT2D eigenvalue weighted by Gasteiger charge is 2.39. The van der Waals surface area contributed by atoms with Crippen LogP contribution in [0, 0.1) is 0 Å². The molecular formula is C14H26N2O3S. The number of rotatable bonds is 4. The summed E-state index contributed by atoms with van der Waals surface area (Å²) in [5.74, 6) is 0.0452.